The summed E-state index contributed by atoms with van der Waals surface area (Å²) in [6.45, 7) is 5.97. The van der Waals surface area contributed by atoms with Gasteiger partial charge in [-0.3, -0.25) is 28.3 Å². The highest BCUT2D eigenvalue weighted by molar-refractivity contribution is 5.97. The van der Waals surface area contributed by atoms with Crippen LogP contribution < -0.4 is 22.2 Å². The molecule has 0 amide bonds. The molecule has 132 valence electrons. The molecule has 6 heteroatoms. The minimum absolute atomic E-state index is 0.196. The molecule has 2 aromatic heterocycles. The molecular weight excluding hydrogens is 320 g/mol. The number of fused-ring (bicyclic) bond motifs is 2. The Hall–Kier alpha value is -2.50. The topological polar surface area (TPSA) is 78.1 Å². The number of hydrogen-bond donors (Lipinski definition) is 0. The van der Waals surface area contributed by atoms with Gasteiger partial charge in [-0.05, 0) is 31.9 Å². The van der Waals surface area contributed by atoms with E-state index < -0.39 is 16.7 Å². The number of nitrogens with zero attached hydrogens (tertiary/aromatic N) is 2. The monoisotopic (exact) mass is 342 g/mol. The van der Waals surface area contributed by atoms with Crippen molar-refractivity contribution in [2.75, 3.05) is 0 Å². The van der Waals surface area contributed by atoms with Crippen molar-refractivity contribution in [3.05, 3.63) is 53.5 Å². The van der Waals surface area contributed by atoms with Crippen molar-refractivity contribution in [3.8, 4) is 0 Å². The molecule has 3 rings (SSSR count). The van der Waals surface area contributed by atoms with E-state index in [4.69, 9.17) is 0 Å². The van der Waals surface area contributed by atoms with E-state index in [1.54, 1.807) is 0 Å². The van der Waals surface area contributed by atoms with Crippen LogP contribution in [-0.4, -0.2) is 9.13 Å². The average Bonchev–Trinajstić information content (AvgIpc) is 2.94. The molecule has 0 fully saturated rings. The molecule has 3 aromatic rings. The van der Waals surface area contributed by atoms with Crippen molar-refractivity contribution in [1.82, 2.24) is 9.13 Å². The summed E-state index contributed by atoms with van der Waals surface area (Å²) in [4.78, 5) is 50.3. The van der Waals surface area contributed by atoms with Crippen LogP contribution in [0.25, 0.3) is 21.5 Å². The van der Waals surface area contributed by atoms with Crippen molar-refractivity contribution in [1.29, 1.82) is 0 Å². The summed E-state index contributed by atoms with van der Waals surface area (Å²) < 4.78 is 2.34. The van der Waals surface area contributed by atoms with Crippen LogP contribution in [-0.2, 0) is 12.6 Å². The molecule has 6 nitrogen and oxygen atoms in total. The zero-order valence-corrected chi connectivity index (χ0v) is 15.0. The third kappa shape index (κ3) is 2.31. The molecule has 0 N–H and O–H groups in total. The van der Waals surface area contributed by atoms with Gasteiger partial charge in [-0.1, -0.05) is 26.7 Å². The Labute approximate surface area is 144 Å². The van der Waals surface area contributed by atoms with E-state index in [9.17, 15) is 19.2 Å². The SMILES string of the molecule is CCCC(C)(CCC)n1c(=O)c2cc3c(=O)n(C)c(=O)c3cc2c1=O. The Morgan fingerprint density at radius 3 is 1.48 bits per heavy atom. The van der Waals surface area contributed by atoms with Gasteiger partial charge in [0.1, 0.15) is 0 Å². The molecule has 25 heavy (non-hydrogen) atoms. The Kier molecular flexibility index (Phi) is 4.01. The molecule has 0 unspecified atom stereocenters. The molecular formula is C19H22N2O4. The van der Waals surface area contributed by atoms with Crippen molar-refractivity contribution in [2.45, 2.75) is 52.0 Å². The Balaban J connectivity index is 2.45. The number of hydrogen-bond acceptors (Lipinski definition) is 4. The molecule has 1 aromatic carbocycles. The number of benzene rings is 1. The van der Waals surface area contributed by atoms with Crippen molar-refractivity contribution >= 4 is 21.5 Å². The maximum Gasteiger partial charge on any atom is 0.262 e. The van der Waals surface area contributed by atoms with Gasteiger partial charge in [-0.25, -0.2) is 0 Å². The molecule has 0 aliphatic heterocycles. The summed E-state index contributed by atoms with van der Waals surface area (Å²) in [5, 5.41) is 0.834. The molecule has 0 radical (unpaired) electrons. The lowest BCUT2D eigenvalue weighted by Crippen LogP contribution is -2.43. The Bertz CT molecular complexity index is 1090. The zero-order valence-electron chi connectivity index (χ0n) is 15.0. The van der Waals surface area contributed by atoms with Crippen molar-refractivity contribution < 1.29 is 0 Å². The van der Waals surface area contributed by atoms with Gasteiger partial charge in [0.05, 0.1) is 21.5 Å². The van der Waals surface area contributed by atoms with Crippen LogP contribution in [0.4, 0.5) is 0 Å². The normalized spacial score (nSPS) is 12.5. The van der Waals surface area contributed by atoms with Gasteiger partial charge in [0, 0.05) is 12.6 Å². The summed E-state index contributed by atoms with van der Waals surface area (Å²) in [6.07, 6.45) is 3.13. The third-order valence-corrected chi connectivity index (χ3v) is 5.21. The van der Waals surface area contributed by atoms with Gasteiger partial charge in [0.25, 0.3) is 22.2 Å². The van der Waals surface area contributed by atoms with E-state index in [1.807, 2.05) is 20.8 Å². The van der Waals surface area contributed by atoms with E-state index >= 15 is 0 Å². The lowest BCUT2D eigenvalue weighted by Gasteiger charge is -2.29. The average molecular weight is 342 g/mol. The van der Waals surface area contributed by atoms with Gasteiger partial charge >= 0.3 is 0 Å². The molecule has 2 heterocycles. The largest absolute Gasteiger partial charge is 0.277 e. The van der Waals surface area contributed by atoms with Crippen LogP contribution in [0.2, 0.25) is 0 Å². The van der Waals surface area contributed by atoms with Gasteiger partial charge in [-0.15, -0.1) is 0 Å². The lowest BCUT2D eigenvalue weighted by atomic mass is 9.90. The zero-order chi connectivity index (χ0) is 18.5. The molecule has 0 atom stereocenters. The highest BCUT2D eigenvalue weighted by Gasteiger charge is 2.30. The quantitative estimate of drug-likeness (QED) is 0.708. The first-order valence-electron chi connectivity index (χ1n) is 8.66. The highest BCUT2D eigenvalue weighted by atomic mass is 16.2. The highest BCUT2D eigenvalue weighted by Crippen LogP contribution is 2.27. The maximum atomic E-state index is 13.0. The molecule has 0 bridgehead atoms. The fourth-order valence-corrected chi connectivity index (χ4v) is 4.01. The first-order chi connectivity index (χ1) is 11.8. The van der Waals surface area contributed by atoms with E-state index in [-0.39, 0.29) is 32.7 Å². The van der Waals surface area contributed by atoms with Crippen LogP contribution in [0.15, 0.2) is 31.3 Å². The summed E-state index contributed by atoms with van der Waals surface area (Å²) in [6, 6.07) is 2.82. The first kappa shape index (κ1) is 17.3. The van der Waals surface area contributed by atoms with E-state index in [2.05, 4.69) is 0 Å². The minimum Gasteiger partial charge on any atom is -0.277 e. The van der Waals surface area contributed by atoms with Crippen LogP contribution >= 0.6 is 0 Å². The number of rotatable bonds is 5. The first-order valence-corrected chi connectivity index (χ1v) is 8.66. The lowest BCUT2D eigenvalue weighted by molar-refractivity contribution is 0.254. The molecule has 0 aliphatic carbocycles. The van der Waals surface area contributed by atoms with E-state index in [0.29, 0.717) is 12.8 Å². The predicted molar refractivity (Wildman–Crippen MR) is 99.3 cm³/mol. The maximum absolute atomic E-state index is 13.0. The summed E-state index contributed by atoms with van der Waals surface area (Å²) in [5.74, 6) is 0. The Morgan fingerprint density at radius 2 is 1.12 bits per heavy atom. The van der Waals surface area contributed by atoms with Gasteiger partial charge in [-0.2, -0.15) is 0 Å². The summed E-state index contributed by atoms with van der Waals surface area (Å²) in [7, 11) is 1.39. The molecule has 0 saturated carbocycles. The Morgan fingerprint density at radius 1 is 0.760 bits per heavy atom. The predicted octanol–water partition coefficient (Wildman–Crippen LogP) is 1.76. The van der Waals surface area contributed by atoms with Gasteiger partial charge in [0.15, 0.2) is 0 Å². The van der Waals surface area contributed by atoms with Crippen LogP contribution in [0, 0.1) is 0 Å². The number of aromatic nitrogens is 2. The van der Waals surface area contributed by atoms with Gasteiger partial charge < -0.3 is 0 Å². The fraction of sp³-hybridized carbons (Fsp3) is 0.474. The second-order valence-electron chi connectivity index (χ2n) is 7.06. The molecule has 0 saturated heterocycles. The summed E-state index contributed by atoms with van der Waals surface area (Å²) in [5.41, 5.74) is -2.19. The van der Waals surface area contributed by atoms with E-state index in [0.717, 1.165) is 17.4 Å². The van der Waals surface area contributed by atoms with Crippen molar-refractivity contribution in [3.63, 3.8) is 0 Å². The van der Waals surface area contributed by atoms with E-state index in [1.165, 1.54) is 23.7 Å². The van der Waals surface area contributed by atoms with Crippen molar-refractivity contribution in [2.24, 2.45) is 7.05 Å². The van der Waals surface area contributed by atoms with Gasteiger partial charge in [0.2, 0.25) is 0 Å². The van der Waals surface area contributed by atoms with Crippen LogP contribution in [0.3, 0.4) is 0 Å². The minimum atomic E-state index is -0.564. The third-order valence-electron chi connectivity index (χ3n) is 5.21. The molecule has 0 spiro atoms. The standard InChI is InChI=1S/C19H22N2O4/c1-5-7-19(3,8-6-2)21-17(24)13-9-11-12(10-14(13)18(21)25)16(23)20(4)15(11)22/h9-10H,5-8H2,1-4H3. The summed E-state index contributed by atoms with van der Waals surface area (Å²) >= 11 is 0. The van der Waals surface area contributed by atoms with Crippen LogP contribution in [0.1, 0.15) is 46.5 Å². The molecule has 0 aliphatic rings. The second-order valence-corrected chi connectivity index (χ2v) is 7.06. The second kappa shape index (κ2) is 5.79. The smallest absolute Gasteiger partial charge is 0.262 e. The fourth-order valence-electron chi connectivity index (χ4n) is 4.01. The van der Waals surface area contributed by atoms with Crippen LogP contribution in [0.5, 0.6) is 0 Å².